The van der Waals surface area contributed by atoms with Gasteiger partial charge in [0.1, 0.15) is 18.1 Å². The highest BCUT2D eigenvalue weighted by Gasteiger charge is 2.18. The zero-order valence-corrected chi connectivity index (χ0v) is 18.2. The summed E-state index contributed by atoms with van der Waals surface area (Å²) in [5.41, 5.74) is 4.23. The van der Waals surface area contributed by atoms with Crippen molar-refractivity contribution in [2.75, 3.05) is 6.61 Å². The van der Waals surface area contributed by atoms with E-state index in [0.717, 1.165) is 38.9 Å². The summed E-state index contributed by atoms with van der Waals surface area (Å²) in [5, 5.41) is 0.732. The van der Waals surface area contributed by atoms with E-state index < -0.39 is 0 Å². The van der Waals surface area contributed by atoms with Crippen molar-refractivity contribution >= 4 is 22.6 Å². The Labute approximate surface area is 182 Å². The fourth-order valence-electron chi connectivity index (χ4n) is 3.48. The van der Waals surface area contributed by atoms with Gasteiger partial charge in [-0.15, -0.1) is 0 Å². The van der Waals surface area contributed by atoms with Gasteiger partial charge in [0.15, 0.2) is 11.9 Å². The Morgan fingerprint density at radius 1 is 0.967 bits per heavy atom. The summed E-state index contributed by atoms with van der Waals surface area (Å²) in [4.78, 5) is 4.84. The van der Waals surface area contributed by atoms with Gasteiger partial charge < -0.3 is 14.0 Å². The average Bonchev–Trinajstić information content (AvgIpc) is 3.11. The molecule has 0 aliphatic rings. The van der Waals surface area contributed by atoms with Crippen LogP contribution < -0.4 is 9.47 Å². The number of aryl methyl sites for hydroxylation is 2. The van der Waals surface area contributed by atoms with Crippen LogP contribution in [-0.2, 0) is 6.54 Å². The van der Waals surface area contributed by atoms with E-state index in [9.17, 15) is 0 Å². The molecule has 0 aliphatic heterocycles. The van der Waals surface area contributed by atoms with Gasteiger partial charge in [-0.3, -0.25) is 0 Å². The molecule has 0 spiro atoms. The molecule has 0 amide bonds. The second-order valence-electron chi connectivity index (χ2n) is 7.44. The molecule has 4 nitrogen and oxygen atoms in total. The van der Waals surface area contributed by atoms with Gasteiger partial charge in [-0.1, -0.05) is 41.4 Å². The molecule has 30 heavy (non-hydrogen) atoms. The highest BCUT2D eigenvalue weighted by Crippen LogP contribution is 2.28. The van der Waals surface area contributed by atoms with Gasteiger partial charge in [0.2, 0.25) is 0 Å². The van der Waals surface area contributed by atoms with Gasteiger partial charge in [-0.2, -0.15) is 0 Å². The van der Waals surface area contributed by atoms with E-state index in [0.29, 0.717) is 13.2 Å². The van der Waals surface area contributed by atoms with Gasteiger partial charge >= 0.3 is 0 Å². The first-order valence-corrected chi connectivity index (χ1v) is 10.5. The predicted molar refractivity (Wildman–Crippen MR) is 122 cm³/mol. The fraction of sp³-hybridized carbons (Fsp3) is 0.240. The summed E-state index contributed by atoms with van der Waals surface area (Å²) in [5.74, 6) is 2.52. The first kappa shape index (κ1) is 20.3. The van der Waals surface area contributed by atoms with E-state index in [-0.39, 0.29) is 6.10 Å². The third-order valence-corrected chi connectivity index (χ3v) is 5.52. The molecule has 4 rings (SSSR count). The SMILES string of the molecule is Cc1ccc(OCCn2c(C(C)Oc3ccc(Cl)c(C)c3)nc3ccccc32)cc1. The Balaban J connectivity index is 1.55. The van der Waals surface area contributed by atoms with Crippen molar-refractivity contribution in [3.8, 4) is 11.5 Å². The number of ether oxygens (including phenoxy) is 2. The van der Waals surface area contributed by atoms with Gasteiger partial charge in [-0.25, -0.2) is 4.98 Å². The number of fused-ring (bicyclic) bond motifs is 1. The smallest absolute Gasteiger partial charge is 0.153 e. The van der Waals surface area contributed by atoms with Crippen LogP contribution in [0, 0.1) is 13.8 Å². The van der Waals surface area contributed by atoms with Crippen molar-refractivity contribution in [3.05, 3.63) is 88.7 Å². The Hall–Kier alpha value is -2.98. The van der Waals surface area contributed by atoms with Crippen LogP contribution >= 0.6 is 11.6 Å². The predicted octanol–water partition coefficient (Wildman–Crippen LogP) is 6.53. The summed E-state index contributed by atoms with van der Waals surface area (Å²) in [7, 11) is 0. The number of imidazole rings is 1. The molecule has 0 aliphatic carbocycles. The Morgan fingerprint density at radius 3 is 2.47 bits per heavy atom. The van der Waals surface area contributed by atoms with Crippen LogP contribution in [0.3, 0.4) is 0 Å². The van der Waals surface area contributed by atoms with Gasteiger partial charge in [-0.05, 0) is 68.8 Å². The topological polar surface area (TPSA) is 36.3 Å². The van der Waals surface area contributed by atoms with Gasteiger partial charge in [0, 0.05) is 5.02 Å². The summed E-state index contributed by atoms with van der Waals surface area (Å²) >= 11 is 6.14. The second kappa shape index (κ2) is 8.80. The quantitative estimate of drug-likeness (QED) is 0.341. The lowest BCUT2D eigenvalue weighted by Gasteiger charge is -2.17. The van der Waals surface area contributed by atoms with Crippen molar-refractivity contribution in [1.29, 1.82) is 0 Å². The lowest BCUT2D eigenvalue weighted by Crippen LogP contribution is -2.15. The number of rotatable bonds is 7. The molecule has 1 atom stereocenters. The minimum absolute atomic E-state index is 0.225. The zero-order chi connectivity index (χ0) is 21.1. The summed E-state index contributed by atoms with van der Waals surface area (Å²) in [6.45, 7) is 7.28. The van der Waals surface area contributed by atoms with Gasteiger partial charge in [0.25, 0.3) is 0 Å². The van der Waals surface area contributed by atoms with Crippen molar-refractivity contribution in [2.45, 2.75) is 33.4 Å². The second-order valence-corrected chi connectivity index (χ2v) is 7.85. The largest absolute Gasteiger partial charge is 0.492 e. The van der Waals surface area contributed by atoms with Gasteiger partial charge in [0.05, 0.1) is 17.6 Å². The fourth-order valence-corrected chi connectivity index (χ4v) is 3.59. The normalized spacial score (nSPS) is 12.1. The molecule has 4 aromatic rings. The first-order valence-electron chi connectivity index (χ1n) is 10.1. The Morgan fingerprint density at radius 2 is 1.70 bits per heavy atom. The number of nitrogens with zero attached hydrogens (tertiary/aromatic N) is 2. The molecular weight excluding hydrogens is 396 g/mol. The maximum Gasteiger partial charge on any atom is 0.153 e. The number of para-hydroxylation sites is 2. The molecule has 0 saturated carbocycles. The minimum Gasteiger partial charge on any atom is -0.492 e. The average molecular weight is 421 g/mol. The third-order valence-electron chi connectivity index (χ3n) is 5.09. The molecule has 1 aromatic heterocycles. The van der Waals surface area contributed by atoms with E-state index in [4.69, 9.17) is 26.1 Å². The highest BCUT2D eigenvalue weighted by atomic mass is 35.5. The number of halogens is 1. The minimum atomic E-state index is -0.225. The highest BCUT2D eigenvalue weighted by molar-refractivity contribution is 6.31. The lowest BCUT2D eigenvalue weighted by molar-refractivity contribution is 0.207. The van der Waals surface area contributed by atoms with Crippen LogP contribution in [0.25, 0.3) is 11.0 Å². The number of hydrogen-bond acceptors (Lipinski definition) is 3. The Kier molecular flexibility index (Phi) is 5.96. The van der Waals surface area contributed by atoms with Crippen molar-refractivity contribution < 1.29 is 9.47 Å². The van der Waals surface area contributed by atoms with Crippen molar-refractivity contribution in [2.24, 2.45) is 0 Å². The molecule has 3 aromatic carbocycles. The van der Waals surface area contributed by atoms with E-state index in [1.807, 2.05) is 62.4 Å². The molecule has 1 heterocycles. The monoisotopic (exact) mass is 420 g/mol. The van der Waals surface area contributed by atoms with Crippen LogP contribution in [-0.4, -0.2) is 16.2 Å². The van der Waals surface area contributed by atoms with Crippen LogP contribution in [0.15, 0.2) is 66.7 Å². The number of benzene rings is 3. The molecule has 1 unspecified atom stereocenters. The van der Waals surface area contributed by atoms with E-state index >= 15 is 0 Å². The standard InChI is InChI=1S/C25H25ClN2O2/c1-17-8-10-20(11-9-17)29-15-14-28-24-7-5-4-6-23(24)27-25(28)19(3)30-21-12-13-22(26)18(2)16-21/h4-13,16,19H,14-15H2,1-3H3. The van der Waals surface area contributed by atoms with Crippen LogP contribution in [0.5, 0.6) is 11.5 Å². The van der Waals surface area contributed by atoms with Crippen LogP contribution in [0.2, 0.25) is 5.02 Å². The molecular formula is C25H25ClN2O2. The van der Waals surface area contributed by atoms with E-state index in [1.165, 1.54) is 5.56 Å². The molecule has 0 saturated heterocycles. The molecule has 0 N–H and O–H groups in total. The lowest BCUT2D eigenvalue weighted by atomic mass is 10.2. The Bertz CT molecular complexity index is 1150. The molecule has 5 heteroatoms. The summed E-state index contributed by atoms with van der Waals surface area (Å²) in [6.07, 6.45) is -0.225. The van der Waals surface area contributed by atoms with E-state index in [1.54, 1.807) is 0 Å². The third kappa shape index (κ3) is 4.44. The summed E-state index contributed by atoms with van der Waals surface area (Å²) < 4.78 is 14.3. The van der Waals surface area contributed by atoms with E-state index in [2.05, 4.69) is 29.7 Å². The zero-order valence-electron chi connectivity index (χ0n) is 17.4. The number of hydrogen-bond donors (Lipinski definition) is 0. The van der Waals surface area contributed by atoms with Crippen molar-refractivity contribution in [1.82, 2.24) is 9.55 Å². The molecule has 0 radical (unpaired) electrons. The number of aromatic nitrogens is 2. The van der Waals surface area contributed by atoms with Crippen LogP contribution in [0.1, 0.15) is 30.0 Å². The first-order chi connectivity index (χ1) is 14.5. The maximum atomic E-state index is 6.20. The summed E-state index contributed by atoms with van der Waals surface area (Å²) in [6, 6.07) is 21.9. The molecule has 0 fully saturated rings. The maximum absolute atomic E-state index is 6.20. The molecule has 154 valence electrons. The molecule has 0 bridgehead atoms. The van der Waals surface area contributed by atoms with Crippen molar-refractivity contribution in [3.63, 3.8) is 0 Å². The van der Waals surface area contributed by atoms with Crippen LogP contribution in [0.4, 0.5) is 0 Å².